The average molecular weight is 246 g/mol. The van der Waals surface area contributed by atoms with Crippen LogP contribution in [0.4, 0.5) is 0 Å². The Morgan fingerprint density at radius 1 is 1.22 bits per heavy atom. The molecule has 1 aromatic rings. The van der Waals surface area contributed by atoms with Crippen LogP contribution in [0.3, 0.4) is 0 Å². The third-order valence-corrected chi connectivity index (χ3v) is 4.06. The van der Waals surface area contributed by atoms with Gasteiger partial charge in [0.25, 0.3) is 0 Å². The number of hydrogen-bond donors (Lipinski definition) is 1. The number of rotatable bonds is 5. The zero-order valence-electron chi connectivity index (χ0n) is 11.8. The van der Waals surface area contributed by atoms with Gasteiger partial charge in [-0.2, -0.15) is 0 Å². The summed E-state index contributed by atoms with van der Waals surface area (Å²) in [4.78, 5) is 2.60. The van der Waals surface area contributed by atoms with Crippen molar-refractivity contribution in [3.8, 4) is 0 Å². The molecule has 0 radical (unpaired) electrons. The van der Waals surface area contributed by atoms with Gasteiger partial charge < -0.3 is 5.32 Å². The summed E-state index contributed by atoms with van der Waals surface area (Å²) >= 11 is 0. The molecule has 18 heavy (non-hydrogen) atoms. The van der Waals surface area contributed by atoms with Crippen LogP contribution in [0, 0.1) is 5.92 Å². The van der Waals surface area contributed by atoms with Gasteiger partial charge in [-0.1, -0.05) is 37.6 Å². The predicted octanol–water partition coefficient (Wildman–Crippen LogP) is 3.03. The predicted molar refractivity (Wildman–Crippen MR) is 77.5 cm³/mol. The maximum Gasteiger partial charge on any atom is 0.0233 e. The fourth-order valence-electron chi connectivity index (χ4n) is 2.85. The van der Waals surface area contributed by atoms with Crippen molar-refractivity contribution in [3.05, 3.63) is 35.4 Å². The van der Waals surface area contributed by atoms with Gasteiger partial charge in [0.15, 0.2) is 0 Å². The van der Waals surface area contributed by atoms with Crippen LogP contribution in [0.1, 0.15) is 37.3 Å². The monoisotopic (exact) mass is 246 g/mol. The SMILES string of the molecule is CCC1CCN(Cc2cccc(CNC)c2)CC1. The van der Waals surface area contributed by atoms with Crippen LogP contribution in [-0.2, 0) is 13.1 Å². The molecule has 0 unspecified atom stereocenters. The van der Waals surface area contributed by atoms with Gasteiger partial charge in [-0.25, -0.2) is 0 Å². The number of nitrogens with one attached hydrogen (secondary N) is 1. The maximum absolute atomic E-state index is 3.21. The molecular formula is C16H26N2. The van der Waals surface area contributed by atoms with E-state index in [-0.39, 0.29) is 0 Å². The van der Waals surface area contributed by atoms with Crippen molar-refractivity contribution < 1.29 is 0 Å². The number of nitrogens with zero attached hydrogens (tertiary/aromatic N) is 1. The van der Waals surface area contributed by atoms with Crippen molar-refractivity contribution in [2.24, 2.45) is 5.92 Å². The van der Waals surface area contributed by atoms with E-state index in [0.29, 0.717) is 0 Å². The molecule has 0 aliphatic carbocycles. The molecule has 0 aromatic heterocycles. The molecule has 2 nitrogen and oxygen atoms in total. The first kappa shape index (κ1) is 13.6. The largest absolute Gasteiger partial charge is 0.316 e. The van der Waals surface area contributed by atoms with Gasteiger partial charge >= 0.3 is 0 Å². The summed E-state index contributed by atoms with van der Waals surface area (Å²) in [6.07, 6.45) is 4.12. The second-order valence-corrected chi connectivity index (χ2v) is 5.48. The first-order valence-corrected chi connectivity index (χ1v) is 7.26. The standard InChI is InChI=1S/C16H26N2/c1-3-14-7-9-18(10-8-14)13-16-6-4-5-15(11-16)12-17-2/h4-6,11,14,17H,3,7-10,12-13H2,1-2H3. The first-order valence-electron chi connectivity index (χ1n) is 7.26. The van der Waals surface area contributed by atoms with Crippen LogP contribution >= 0.6 is 0 Å². The Labute approximate surface area is 111 Å². The molecule has 1 fully saturated rings. The summed E-state index contributed by atoms with van der Waals surface area (Å²) in [6, 6.07) is 8.97. The Morgan fingerprint density at radius 2 is 1.94 bits per heavy atom. The van der Waals surface area contributed by atoms with Gasteiger partial charge in [-0.3, -0.25) is 4.90 Å². The van der Waals surface area contributed by atoms with E-state index in [1.54, 1.807) is 0 Å². The highest BCUT2D eigenvalue weighted by atomic mass is 15.1. The summed E-state index contributed by atoms with van der Waals surface area (Å²) in [5.74, 6) is 0.969. The lowest BCUT2D eigenvalue weighted by Gasteiger charge is -2.31. The quantitative estimate of drug-likeness (QED) is 0.859. The topological polar surface area (TPSA) is 15.3 Å². The molecule has 1 aliphatic rings. The molecule has 1 saturated heterocycles. The zero-order valence-corrected chi connectivity index (χ0v) is 11.8. The number of likely N-dealkylation sites (tertiary alicyclic amines) is 1. The molecule has 0 atom stereocenters. The molecular weight excluding hydrogens is 220 g/mol. The molecule has 100 valence electrons. The molecule has 1 heterocycles. The fraction of sp³-hybridized carbons (Fsp3) is 0.625. The smallest absolute Gasteiger partial charge is 0.0233 e. The van der Waals surface area contributed by atoms with Crippen LogP contribution in [0.2, 0.25) is 0 Å². The minimum absolute atomic E-state index is 0.964. The van der Waals surface area contributed by atoms with E-state index in [4.69, 9.17) is 0 Å². The van der Waals surface area contributed by atoms with E-state index >= 15 is 0 Å². The van der Waals surface area contributed by atoms with Crippen molar-refractivity contribution in [2.45, 2.75) is 39.3 Å². The second kappa shape index (κ2) is 6.91. The van der Waals surface area contributed by atoms with Gasteiger partial charge in [0, 0.05) is 13.1 Å². The molecule has 0 spiro atoms. The van der Waals surface area contributed by atoms with Gasteiger partial charge in [-0.05, 0) is 50.0 Å². The van der Waals surface area contributed by atoms with Crippen LogP contribution in [-0.4, -0.2) is 25.0 Å². The lowest BCUT2D eigenvalue weighted by molar-refractivity contribution is 0.175. The van der Waals surface area contributed by atoms with E-state index in [9.17, 15) is 0 Å². The number of hydrogen-bond acceptors (Lipinski definition) is 2. The lowest BCUT2D eigenvalue weighted by atomic mass is 9.94. The van der Waals surface area contributed by atoms with E-state index in [0.717, 1.165) is 19.0 Å². The van der Waals surface area contributed by atoms with Crippen LogP contribution < -0.4 is 5.32 Å². The van der Waals surface area contributed by atoms with E-state index in [1.807, 2.05) is 7.05 Å². The van der Waals surface area contributed by atoms with Crippen LogP contribution in [0.5, 0.6) is 0 Å². The molecule has 1 N–H and O–H groups in total. The third-order valence-electron chi connectivity index (χ3n) is 4.06. The van der Waals surface area contributed by atoms with Crippen molar-refractivity contribution >= 4 is 0 Å². The molecule has 2 heteroatoms. The summed E-state index contributed by atoms with van der Waals surface area (Å²) in [7, 11) is 2.00. The highest BCUT2D eigenvalue weighted by molar-refractivity contribution is 5.23. The number of benzene rings is 1. The zero-order chi connectivity index (χ0) is 12.8. The Kier molecular flexibility index (Phi) is 5.21. The Balaban J connectivity index is 1.87. The van der Waals surface area contributed by atoms with Crippen molar-refractivity contribution in [3.63, 3.8) is 0 Å². The Morgan fingerprint density at radius 3 is 2.61 bits per heavy atom. The second-order valence-electron chi connectivity index (χ2n) is 5.48. The Hall–Kier alpha value is -0.860. The molecule has 1 aliphatic heterocycles. The highest BCUT2D eigenvalue weighted by Gasteiger charge is 2.17. The molecule has 0 saturated carbocycles. The van der Waals surface area contributed by atoms with Gasteiger partial charge in [0.05, 0.1) is 0 Å². The van der Waals surface area contributed by atoms with E-state index in [2.05, 4.69) is 41.4 Å². The van der Waals surface area contributed by atoms with Crippen LogP contribution in [0.25, 0.3) is 0 Å². The van der Waals surface area contributed by atoms with E-state index < -0.39 is 0 Å². The molecule has 2 rings (SSSR count). The van der Waals surface area contributed by atoms with Crippen molar-refractivity contribution in [1.29, 1.82) is 0 Å². The highest BCUT2D eigenvalue weighted by Crippen LogP contribution is 2.21. The van der Waals surface area contributed by atoms with Gasteiger partial charge in [-0.15, -0.1) is 0 Å². The molecule has 0 amide bonds. The third kappa shape index (κ3) is 3.82. The van der Waals surface area contributed by atoms with Crippen LogP contribution in [0.15, 0.2) is 24.3 Å². The van der Waals surface area contributed by atoms with Gasteiger partial charge in [0.2, 0.25) is 0 Å². The van der Waals surface area contributed by atoms with Gasteiger partial charge in [0.1, 0.15) is 0 Å². The van der Waals surface area contributed by atoms with Crippen molar-refractivity contribution in [1.82, 2.24) is 10.2 Å². The van der Waals surface area contributed by atoms with Crippen molar-refractivity contribution in [2.75, 3.05) is 20.1 Å². The normalized spacial score (nSPS) is 18.1. The Bertz CT molecular complexity index is 354. The van der Waals surface area contributed by atoms with E-state index in [1.165, 1.54) is 43.5 Å². The average Bonchev–Trinajstić information content (AvgIpc) is 2.40. The summed E-state index contributed by atoms with van der Waals surface area (Å²) in [5.41, 5.74) is 2.84. The molecule has 0 bridgehead atoms. The summed E-state index contributed by atoms with van der Waals surface area (Å²) in [5, 5.41) is 3.21. The minimum Gasteiger partial charge on any atom is -0.316 e. The maximum atomic E-state index is 3.21. The lowest BCUT2D eigenvalue weighted by Crippen LogP contribution is -2.33. The summed E-state index contributed by atoms with van der Waals surface area (Å²) in [6.45, 7) is 6.95. The first-order chi connectivity index (χ1) is 8.81. The fourth-order valence-corrected chi connectivity index (χ4v) is 2.85. The molecule has 1 aromatic carbocycles. The summed E-state index contributed by atoms with van der Waals surface area (Å²) < 4.78 is 0. The number of piperidine rings is 1. The minimum atomic E-state index is 0.964.